The highest BCUT2D eigenvalue weighted by Gasteiger charge is 2.07. The highest BCUT2D eigenvalue weighted by molar-refractivity contribution is 7.54. The van der Waals surface area contributed by atoms with Gasteiger partial charge in [0.05, 0.1) is 5.69 Å². The van der Waals surface area contributed by atoms with E-state index in [1.165, 1.54) is 0 Å². The van der Waals surface area contributed by atoms with E-state index in [0.29, 0.717) is 18.2 Å². The van der Waals surface area contributed by atoms with Crippen molar-refractivity contribution < 1.29 is 8.95 Å². The van der Waals surface area contributed by atoms with Crippen molar-refractivity contribution in [3.63, 3.8) is 0 Å². The van der Waals surface area contributed by atoms with Crippen molar-refractivity contribution >= 4 is 17.2 Å². The molecule has 1 aromatic carbocycles. The van der Waals surface area contributed by atoms with Crippen LogP contribution in [0.2, 0.25) is 0 Å². The van der Waals surface area contributed by atoms with E-state index in [1.54, 1.807) is 16.8 Å². The van der Waals surface area contributed by atoms with Crippen molar-refractivity contribution in [2.75, 3.05) is 0 Å². The van der Waals surface area contributed by atoms with Gasteiger partial charge in [-0.15, -0.1) is 5.10 Å². The number of rotatable bonds is 4. The van der Waals surface area contributed by atoms with Crippen LogP contribution in [-0.2, 0) is 25.1 Å². The summed E-state index contributed by atoms with van der Waals surface area (Å²) in [5.74, 6) is 0.557. The molecule has 94 valence electrons. The Kier molecular flexibility index (Phi) is 3.88. The highest BCUT2D eigenvalue weighted by Crippen LogP contribution is 2.23. The summed E-state index contributed by atoms with van der Waals surface area (Å²) >= 11 is 0.203. The van der Waals surface area contributed by atoms with Gasteiger partial charge in [-0.3, -0.25) is 4.68 Å². The molecule has 18 heavy (non-hydrogen) atoms. The maximum absolute atomic E-state index is 10.5. The summed E-state index contributed by atoms with van der Waals surface area (Å²) in [6, 6.07) is 7.42. The average Bonchev–Trinajstić information content (AvgIpc) is 2.75. The lowest BCUT2D eigenvalue weighted by Gasteiger charge is -2.08. The first-order valence-corrected chi connectivity index (χ1v) is 6.11. The van der Waals surface area contributed by atoms with Crippen molar-refractivity contribution in [3.8, 4) is 5.88 Å². The third-order valence-electron chi connectivity index (χ3n) is 2.57. The molecule has 0 unspecified atom stereocenters. The first-order valence-electron chi connectivity index (χ1n) is 5.41. The van der Waals surface area contributed by atoms with Crippen LogP contribution >= 0.6 is 0 Å². The monoisotopic (exact) mass is 263 g/mol. The molecule has 1 heterocycles. The van der Waals surface area contributed by atoms with Crippen LogP contribution in [0.25, 0.3) is 0 Å². The Balaban J connectivity index is 2.20. The van der Waals surface area contributed by atoms with Crippen LogP contribution in [0.3, 0.4) is 0 Å². The number of benzene rings is 1. The topological polar surface area (TPSA) is 56.5 Å². The first kappa shape index (κ1) is 12.5. The number of hydrogen-bond donors (Lipinski definition) is 0. The Morgan fingerprint density at radius 1 is 1.44 bits per heavy atom. The van der Waals surface area contributed by atoms with Gasteiger partial charge in [0.25, 0.3) is 0 Å². The lowest BCUT2D eigenvalue weighted by Crippen LogP contribution is -1.99. The van der Waals surface area contributed by atoms with Crippen LogP contribution in [0.5, 0.6) is 5.88 Å². The number of aromatic nitrogens is 2. The second-order valence-electron chi connectivity index (χ2n) is 3.85. The van der Waals surface area contributed by atoms with Crippen molar-refractivity contribution in [2.24, 2.45) is 11.4 Å². The molecule has 0 fully saturated rings. The van der Waals surface area contributed by atoms with Gasteiger partial charge >= 0.3 is 0 Å². The lowest BCUT2D eigenvalue weighted by atomic mass is 10.1. The fourth-order valence-corrected chi connectivity index (χ4v) is 1.87. The molecule has 0 saturated carbocycles. The van der Waals surface area contributed by atoms with E-state index in [0.717, 1.165) is 11.1 Å². The van der Waals surface area contributed by atoms with Crippen LogP contribution in [-0.4, -0.2) is 14.0 Å². The maximum atomic E-state index is 10.5. The van der Waals surface area contributed by atoms with Gasteiger partial charge in [0, 0.05) is 24.9 Å². The van der Waals surface area contributed by atoms with E-state index >= 15 is 0 Å². The predicted molar refractivity (Wildman–Crippen MR) is 68.9 cm³/mol. The standard InChI is InChI=1S/C12H13N3O2S/c1-9-4-3-5-11(14-18-16)10(9)8-17-12-6-7-15(2)13-12/h3-7H,8H2,1-2H3. The molecule has 2 rings (SSSR count). The summed E-state index contributed by atoms with van der Waals surface area (Å²) in [6.07, 6.45) is 1.81. The van der Waals surface area contributed by atoms with Crippen LogP contribution < -0.4 is 4.74 Å². The second kappa shape index (κ2) is 5.59. The third kappa shape index (κ3) is 2.84. The maximum Gasteiger partial charge on any atom is 0.233 e. The van der Waals surface area contributed by atoms with E-state index in [2.05, 4.69) is 9.46 Å². The third-order valence-corrected chi connectivity index (χ3v) is 2.85. The minimum Gasteiger partial charge on any atom is -0.472 e. The van der Waals surface area contributed by atoms with E-state index in [4.69, 9.17) is 4.74 Å². The molecule has 0 saturated heterocycles. The summed E-state index contributed by atoms with van der Waals surface area (Å²) in [5, 5.41) is 4.13. The SMILES string of the molecule is Cc1cccc(N=S=O)c1COc1ccn(C)n1. The van der Waals surface area contributed by atoms with Gasteiger partial charge in [0.15, 0.2) is 0 Å². The quantitative estimate of drug-likeness (QED) is 0.850. The fraction of sp³-hybridized carbons (Fsp3) is 0.250. The normalized spacial score (nSPS) is 10.1. The molecule has 0 radical (unpaired) electrons. The zero-order valence-electron chi connectivity index (χ0n) is 10.2. The molecule has 0 N–H and O–H groups in total. The zero-order valence-corrected chi connectivity index (χ0v) is 11.0. The molecule has 0 aliphatic carbocycles. The van der Waals surface area contributed by atoms with Crippen molar-refractivity contribution in [1.29, 1.82) is 0 Å². The van der Waals surface area contributed by atoms with Gasteiger partial charge in [-0.05, 0) is 18.6 Å². The van der Waals surface area contributed by atoms with E-state index in [9.17, 15) is 4.21 Å². The van der Waals surface area contributed by atoms with E-state index in [1.807, 2.05) is 32.3 Å². The summed E-state index contributed by atoms with van der Waals surface area (Å²) in [5.41, 5.74) is 2.61. The number of aryl methyl sites for hydroxylation is 2. The molecule has 0 amide bonds. The smallest absolute Gasteiger partial charge is 0.233 e. The van der Waals surface area contributed by atoms with E-state index in [-0.39, 0.29) is 11.5 Å². The molecule has 2 aromatic rings. The Morgan fingerprint density at radius 2 is 2.28 bits per heavy atom. The Morgan fingerprint density at radius 3 is 2.94 bits per heavy atom. The fourth-order valence-electron chi connectivity index (χ4n) is 1.62. The Hall–Kier alpha value is -1.95. The van der Waals surface area contributed by atoms with Gasteiger partial charge in [-0.2, -0.15) is 8.57 Å². The second-order valence-corrected chi connectivity index (χ2v) is 4.19. The molecule has 0 spiro atoms. The van der Waals surface area contributed by atoms with Gasteiger partial charge < -0.3 is 4.74 Å². The first-order chi connectivity index (χ1) is 8.70. The molecule has 0 aliphatic heterocycles. The molecular formula is C12H13N3O2S. The summed E-state index contributed by atoms with van der Waals surface area (Å²) in [7, 11) is 1.83. The molecule has 1 aromatic heterocycles. The molecule has 0 aliphatic rings. The van der Waals surface area contributed by atoms with Crippen LogP contribution in [0, 0.1) is 6.92 Å². The predicted octanol–water partition coefficient (Wildman–Crippen LogP) is 2.34. The Labute approximate surface area is 109 Å². The van der Waals surface area contributed by atoms with Gasteiger partial charge in [0.1, 0.15) is 6.61 Å². The van der Waals surface area contributed by atoms with Crippen LogP contribution in [0.15, 0.2) is 34.8 Å². The zero-order chi connectivity index (χ0) is 13.0. The summed E-state index contributed by atoms with van der Waals surface area (Å²) < 4.78 is 21.6. The lowest BCUT2D eigenvalue weighted by molar-refractivity contribution is 0.290. The molecular weight excluding hydrogens is 250 g/mol. The van der Waals surface area contributed by atoms with Crippen LogP contribution in [0.4, 0.5) is 5.69 Å². The molecule has 6 heteroatoms. The highest BCUT2D eigenvalue weighted by atomic mass is 32.1. The van der Waals surface area contributed by atoms with E-state index < -0.39 is 0 Å². The molecule has 0 atom stereocenters. The van der Waals surface area contributed by atoms with Gasteiger partial charge in [0.2, 0.25) is 17.3 Å². The van der Waals surface area contributed by atoms with Crippen molar-refractivity contribution in [2.45, 2.75) is 13.5 Å². The Bertz CT molecular complexity index is 603. The largest absolute Gasteiger partial charge is 0.472 e. The van der Waals surface area contributed by atoms with Crippen molar-refractivity contribution in [1.82, 2.24) is 9.78 Å². The minimum absolute atomic E-state index is 0.203. The van der Waals surface area contributed by atoms with Crippen LogP contribution in [0.1, 0.15) is 11.1 Å². The average molecular weight is 263 g/mol. The molecule has 0 bridgehead atoms. The summed E-state index contributed by atoms with van der Waals surface area (Å²) in [4.78, 5) is 0. The number of hydrogen-bond acceptors (Lipinski definition) is 4. The summed E-state index contributed by atoms with van der Waals surface area (Å²) in [6.45, 7) is 2.31. The van der Waals surface area contributed by atoms with Gasteiger partial charge in [-0.1, -0.05) is 12.1 Å². The van der Waals surface area contributed by atoms with Crippen molar-refractivity contribution in [3.05, 3.63) is 41.6 Å². The van der Waals surface area contributed by atoms with Gasteiger partial charge in [-0.25, -0.2) is 0 Å². The molecule has 5 nitrogen and oxygen atoms in total. The number of nitrogens with zero attached hydrogens (tertiary/aromatic N) is 3. The number of ether oxygens (including phenoxy) is 1. The minimum atomic E-state index is 0.203.